The van der Waals surface area contributed by atoms with Crippen LogP contribution in [0.5, 0.6) is 0 Å². The fourth-order valence-corrected chi connectivity index (χ4v) is 3.33. The van der Waals surface area contributed by atoms with Crippen LogP contribution in [-0.4, -0.2) is 16.1 Å². The summed E-state index contributed by atoms with van der Waals surface area (Å²) in [6, 6.07) is 10.4. The number of carbonyl (C=O) groups is 1. The predicted molar refractivity (Wildman–Crippen MR) is 93.4 cm³/mol. The van der Waals surface area contributed by atoms with Gasteiger partial charge in [-0.2, -0.15) is 5.26 Å². The molecule has 1 saturated carbocycles. The minimum absolute atomic E-state index is 0.221. The van der Waals surface area contributed by atoms with E-state index in [9.17, 15) is 4.79 Å². The topological polar surface area (TPSA) is 91.8 Å². The molecule has 2 heterocycles. The van der Waals surface area contributed by atoms with Crippen LogP contribution in [0.4, 0.5) is 5.69 Å². The first-order valence-electron chi connectivity index (χ1n) is 7.90. The lowest BCUT2D eigenvalue weighted by Crippen LogP contribution is -2.11. The normalized spacial score (nSPS) is 13.4. The summed E-state index contributed by atoms with van der Waals surface area (Å²) < 4.78 is 5.72. The summed E-state index contributed by atoms with van der Waals surface area (Å²) in [5.41, 5.74) is 1.74. The molecule has 0 radical (unpaired) electrons. The SMILES string of the molecule is Cc1sc(-c2nnc(C3CC3)o2)cc1NC(=O)c1ccc(C#N)cc1. The molecule has 0 bridgehead atoms. The minimum atomic E-state index is -0.221. The maximum Gasteiger partial charge on any atom is 0.257 e. The first-order chi connectivity index (χ1) is 12.1. The Kier molecular flexibility index (Phi) is 3.82. The smallest absolute Gasteiger partial charge is 0.257 e. The van der Waals surface area contributed by atoms with Crippen molar-refractivity contribution in [3.8, 4) is 16.8 Å². The van der Waals surface area contributed by atoms with E-state index in [4.69, 9.17) is 9.68 Å². The molecular formula is C18H14N4O2S. The fourth-order valence-electron chi connectivity index (χ4n) is 2.43. The van der Waals surface area contributed by atoms with E-state index in [0.717, 1.165) is 28.3 Å². The number of nitrogens with one attached hydrogen (secondary N) is 1. The van der Waals surface area contributed by atoms with Crippen LogP contribution in [0.2, 0.25) is 0 Å². The van der Waals surface area contributed by atoms with Crippen molar-refractivity contribution in [3.05, 3.63) is 52.2 Å². The Hall–Kier alpha value is -2.98. The standard InChI is InChI=1S/C18H14N4O2S/c1-10-14(20-16(23)12-4-2-11(9-19)3-5-12)8-15(25-10)18-22-21-17(24-18)13-6-7-13/h2-5,8,13H,6-7H2,1H3,(H,20,23). The summed E-state index contributed by atoms with van der Waals surface area (Å²) in [5.74, 6) is 1.39. The van der Waals surface area contributed by atoms with Gasteiger partial charge in [-0.3, -0.25) is 4.79 Å². The van der Waals surface area contributed by atoms with Crippen molar-refractivity contribution in [3.63, 3.8) is 0 Å². The van der Waals surface area contributed by atoms with Gasteiger partial charge >= 0.3 is 0 Å². The van der Waals surface area contributed by atoms with Crippen molar-refractivity contribution in [1.82, 2.24) is 10.2 Å². The van der Waals surface area contributed by atoms with Crippen LogP contribution in [0.15, 0.2) is 34.7 Å². The second-order valence-electron chi connectivity index (χ2n) is 5.94. The number of benzene rings is 1. The van der Waals surface area contributed by atoms with E-state index in [1.807, 2.05) is 19.1 Å². The maximum atomic E-state index is 12.4. The van der Waals surface area contributed by atoms with E-state index < -0.39 is 0 Å². The van der Waals surface area contributed by atoms with Crippen LogP contribution in [0.1, 0.15) is 45.4 Å². The molecule has 6 nitrogen and oxygen atoms in total. The minimum Gasteiger partial charge on any atom is -0.420 e. The molecular weight excluding hydrogens is 336 g/mol. The fraction of sp³-hybridized carbons (Fsp3) is 0.222. The number of aromatic nitrogens is 2. The number of nitrogens with zero attached hydrogens (tertiary/aromatic N) is 3. The monoisotopic (exact) mass is 350 g/mol. The molecule has 7 heteroatoms. The summed E-state index contributed by atoms with van der Waals surface area (Å²) in [7, 11) is 0. The molecule has 1 N–H and O–H groups in total. The average molecular weight is 350 g/mol. The van der Waals surface area contributed by atoms with Crippen molar-refractivity contribution in [2.75, 3.05) is 5.32 Å². The zero-order valence-electron chi connectivity index (χ0n) is 13.4. The van der Waals surface area contributed by atoms with Gasteiger partial charge in [0.25, 0.3) is 11.8 Å². The number of nitriles is 1. The number of hydrogen-bond acceptors (Lipinski definition) is 6. The van der Waals surface area contributed by atoms with Crippen LogP contribution < -0.4 is 5.32 Å². The highest BCUT2D eigenvalue weighted by Crippen LogP contribution is 2.41. The van der Waals surface area contributed by atoms with Crippen molar-refractivity contribution < 1.29 is 9.21 Å². The molecule has 1 aliphatic carbocycles. The molecule has 1 aromatic carbocycles. The Morgan fingerprint density at radius 2 is 2.08 bits per heavy atom. The molecule has 3 aromatic rings. The Labute approximate surface area is 148 Å². The second-order valence-corrected chi connectivity index (χ2v) is 7.20. The number of amides is 1. The van der Waals surface area contributed by atoms with Crippen LogP contribution in [0.3, 0.4) is 0 Å². The summed E-state index contributed by atoms with van der Waals surface area (Å²) in [6.07, 6.45) is 2.22. The van der Waals surface area contributed by atoms with Crippen LogP contribution in [-0.2, 0) is 0 Å². The van der Waals surface area contributed by atoms with Crippen molar-refractivity contribution >= 4 is 22.9 Å². The molecule has 0 saturated heterocycles. The van der Waals surface area contributed by atoms with E-state index in [-0.39, 0.29) is 5.91 Å². The summed E-state index contributed by atoms with van der Waals surface area (Å²) in [4.78, 5) is 14.2. The van der Waals surface area contributed by atoms with E-state index in [1.165, 1.54) is 11.3 Å². The van der Waals surface area contributed by atoms with Crippen molar-refractivity contribution in [2.24, 2.45) is 0 Å². The molecule has 124 valence electrons. The Bertz CT molecular complexity index is 977. The third-order valence-corrected chi connectivity index (χ3v) is 5.06. The van der Waals surface area contributed by atoms with Gasteiger partial charge in [0.15, 0.2) is 0 Å². The summed E-state index contributed by atoms with van der Waals surface area (Å²) >= 11 is 1.50. The van der Waals surface area contributed by atoms with Gasteiger partial charge in [0.1, 0.15) is 0 Å². The number of carbonyl (C=O) groups excluding carboxylic acids is 1. The van der Waals surface area contributed by atoms with E-state index in [1.54, 1.807) is 24.3 Å². The van der Waals surface area contributed by atoms with Crippen molar-refractivity contribution in [2.45, 2.75) is 25.7 Å². The molecule has 1 amide bonds. The zero-order valence-corrected chi connectivity index (χ0v) is 14.3. The van der Waals surface area contributed by atoms with Gasteiger partial charge in [-0.15, -0.1) is 21.5 Å². The van der Waals surface area contributed by atoms with Crippen LogP contribution in [0, 0.1) is 18.3 Å². The summed E-state index contributed by atoms with van der Waals surface area (Å²) in [6.45, 7) is 1.93. The number of thiophene rings is 1. The molecule has 0 aliphatic heterocycles. The Morgan fingerprint density at radius 3 is 2.76 bits per heavy atom. The highest BCUT2D eigenvalue weighted by molar-refractivity contribution is 7.15. The van der Waals surface area contributed by atoms with E-state index in [2.05, 4.69) is 15.5 Å². The zero-order chi connectivity index (χ0) is 17.4. The number of hydrogen-bond donors (Lipinski definition) is 1. The van der Waals surface area contributed by atoms with Gasteiger partial charge in [-0.1, -0.05) is 0 Å². The van der Waals surface area contributed by atoms with Gasteiger partial charge in [-0.25, -0.2) is 0 Å². The van der Waals surface area contributed by atoms with Crippen LogP contribution in [0.25, 0.3) is 10.8 Å². The predicted octanol–water partition coefficient (Wildman–Crippen LogP) is 4.11. The lowest BCUT2D eigenvalue weighted by atomic mass is 10.1. The molecule has 4 rings (SSSR count). The first kappa shape index (κ1) is 15.5. The van der Waals surface area contributed by atoms with Gasteiger partial charge in [0, 0.05) is 16.4 Å². The first-order valence-corrected chi connectivity index (χ1v) is 8.71. The highest BCUT2D eigenvalue weighted by Gasteiger charge is 2.29. The Balaban J connectivity index is 1.53. The van der Waals surface area contributed by atoms with E-state index in [0.29, 0.717) is 28.8 Å². The van der Waals surface area contributed by atoms with E-state index >= 15 is 0 Å². The van der Waals surface area contributed by atoms with Gasteiger partial charge < -0.3 is 9.73 Å². The molecule has 2 aromatic heterocycles. The van der Waals surface area contributed by atoms with Crippen molar-refractivity contribution in [1.29, 1.82) is 5.26 Å². The number of aryl methyl sites for hydroxylation is 1. The maximum absolute atomic E-state index is 12.4. The lowest BCUT2D eigenvalue weighted by molar-refractivity contribution is 0.102. The molecule has 0 atom stereocenters. The second kappa shape index (κ2) is 6.15. The third kappa shape index (κ3) is 3.16. The molecule has 25 heavy (non-hydrogen) atoms. The largest absolute Gasteiger partial charge is 0.420 e. The van der Waals surface area contributed by atoms with Gasteiger partial charge in [0.2, 0.25) is 5.89 Å². The third-order valence-electron chi connectivity index (χ3n) is 4.02. The molecule has 1 aliphatic rings. The quantitative estimate of drug-likeness (QED) is 0.764. The average Bonchev–Trinajstić information content (AvgIpc) is 3.25. The van der Waals surface area contributed by atoms with Gasteiger partial charge in [-0.05, 0) is 50.1 Å². The Morgan fingerprint density at radius 1 is 1.32 bits per heavy atom. The lowest BCUT2D eigenvalue weighted by Gasteiger charge is -2.04. The number of rotatable bonds is 4. The molecule has 0 spiro atoms. The van der Waals surface area contributed by atoms with Crippen LogP contribution >= 0.6 is 11.3 Å². The molecule has 0 unspecified atom stereocenters. The summed E-state index contributed by atoms with van der Waals surface area (Å²) in [5, 5.41) is 19.9. The number of anilines is 1. The molecule has 1 fully saturated rings. The highest BCUT2D eigenvalue weighted by atomic mass is 32.1. The van der Waals surface area contributed by atoms with Gasteiger partial charge in [0.05, 0.1) is 22.2 Å².